The fourth-order valence-corrected chi connectivity index (χ4v) is 4.70. The Labute approximate surface area is 192 Å². The first-order valence-corrected chi connectivity index (χ1v) is 11.6. The van der Waals surface area contributed by atoms with Gasteiger partial charge in [0.15, 0.2) is 5.82 Å². The molecule has 3 heterocycles. The lowest BCUT2D eigenvalue weighted by molar-refractivity contribution is 0.716. The molecule has 166 valence electrons. The van der Waals surface area contributed by atoms with Crippen LogP contribution in [-0.4, -0.2) is 34.9 Å². The van der Waals surface area contributed by atoms with Crippen LogP contribution in [0, 0.1) is 6.92 Å². The minimum Gasteiger partial charge on any atom is -0.346 e. The average Bonchev–Trinajstić information content (AvgIpc) is 3.24. The third kappa shape index (κ3) is 3.53. The summed E-state index contributed by atoms with van der Waals surface area (Å²) >= 11 is 0. The second-order valence-electron chi connectivity index (χ2n) is 8.98. The predicted octanol–water partition coefficient (Wildman–Crippen LogP) is 5.09. The number of nitrogens with one attached hydrogen (secondary N) is 2. The maximum atomic E-state index is 4.91. The van der Waals surface area contributed by atoms with Crippen LogP contribution in [-0.2, 0) is 19.9 Å². The van der Waals surface area contributed by atoms with Gasteiger partial charge in [-0.05, 0) is 42.9 Å². The summed E-state index contributed by atoms with van der Waals surface area (Å²) in [5.41, 5.74) is 8.08. The smallest absolute Gasteiger partial charge is 0.181 e. The Morgan fingerprint density at radius 2 is 1.82 bits per heavy atom. The Balaban J connectivity index is 1.29. The fraction of sp³-hybridized carbons (Fsp3) is 0.308. The normalized spacial score (nSPS) is 13.8. The number of imidazole rings is 1. The highest BCUT2D eigenvalue weighted by molar-refractivity contribution is 5.84. The number of hydrogen-bond donors (Lipinski definition) is 2. The van der Waals surface area contributed by atoms with Gasteiger partial charge in [-0.15, -0.1) is 0 Å². The van der Waals surface area contributed by atoms with Gasteiger partial charge in [0, 0.05) is 42.1 Å². The van der Waals surface area contributed by atoms with E-state index in [4.69, 9.17) is 15.1 Å². The number of aromatic amines is 2. The van der Waals surface area contributed by atoms with Crippen LogP contribution in [0.1, 0.15) is 54.2 Å². The van der Waals surface area contributed by atoms with Crippen LogP contribution in [0.5, 0.6) is 0 Å². The molecule has 7 heteroatoms. The molecular weight excluding hydrogens is 410 g/mol. The molecule has 0 bridgehead atoms. The van der Waals surface area contributed by atoms with Crippen molar-refractivity contribution in [1.82, 2.24) is 34.9 Å². The molecule has 0 unspecified atom stereocenters. The van der Waals surface area contributed by atoms with E-state index in [1.807, 2.05) is 17.9 Å². The molecule has 3 aromatic heterocycles. The monoisotopic (exact) mass is 437 g/mol. The summed E-state index contributed by atoms with van der Waals surface area (Å²) < 4.78 is 1.91. The number of nitrogens with zero attached hydrogens (tertiary/aromatic N) is 5. The first kappa shape index (κ1) is 19.9. The Morgan fingerprint density at radius 1 is 1.03 bits per heavy atom. The van der Waals surface area contributed by atoms with Crippen LogP contribution in [0.3, 0.4) is 0 Å². The Hall–Kier alpha value is -3.74. The third-order valence-corrected chi connectivity index (χ3v) is 6.63. The second-order valence-corrected chi connectivity index (χ2v) is 8.98. The SMILES string of the molecule is CCc1nc(-c2ccc(-c3nc(Cc4ccc5[nH]ncc5c4C4CC4)n(C)n3)cc2)c(C)[nH]1. The van der Waals surface area contributed by atoms with E-state index in [1.165, 1.54) is 29.4 Å². The number of fused-ring (bicyclic) bond motifs is 1. The summed E-state index contributed by atoms with van der Waals surface area (Å²) in [7, 11) is 1.98. The summed E-state index contributed by atoms with van der Waals surface area (Å²) in [5.74, 6) is 3.38. The second kappa shape index (κ2) is 7.69. The molecule has 1 aliphatic rings. The topological polar surface area (TPSA) is 88.1 Å². The van der Waals surface area contributed by atoms with Crippen molar-refractivity contribution < 1.29 is 0 Å². The molecule has 0 radical (unpaired) electrons. The fourth-order valence-electron chi connectivity index (χ4n) is 4.70. The summed E-state index contributed by atoms with van der Waals surface area (Å²) in [6, 6.07) is 12.7. The lowest BCUT2D eigenvalue weighted by Gasteiger charge is -2.09. The molecular formula is C26H27N7. The van der Waals surface area contributed by atoms with E-state index >= 15 is 0 Å². The van der Waals surface area contributed by atoms with Crippen molar-refractivity contribution in [3.8, 4) is 22.6 Å². The molecule has 0 saturated heterocycles. The summed E-state index contributed by atoms with van der Waals surface area (Å²) in [6.07, 6.45) is 6.13. The van der Waals surface area contributed by atoms with Gasteiger partial charge >= 0.3 is 0 Å². The third-order valence-electron chi connectivity index (χ3n) is 6.63. The van der Waals surface area contributed by atoms with Gasteiger partial charge in [-0.25, -0.2) is 9.97 Å². The van der Waals surface area contributed by atoms with Crippen LogP contribution >= 0.6 is 0 Å². The molecule has 5 aromatic rings. The van der Waals surface area contributed by atoms with Crippen molar-refractivity contribution in [2.24, 2.45) is 7.05 Å². The lowest BCUT2D eigenvalue weighted by Crippen LogP contribution is -2.03. The average molecular weight is 438 g/mol. The summed E-state index contributed by atoms with van der Waals surface area (Å²) in [5, 5.41) is 13.3. The van der Waals surface area contributed by atoms with Crippen molar-refractivity contribution in [1.29, 1.82) is 0 Å². The molecule has 2 aromatic carbocycles. The van der Waals surface area contributed by atoms with E-state index < -0.39 is 0 Å². The number of benzene rings is 2. The highest BCUT2D eigenvalue weighted by Crippen LogP contribution is 2.45. The van der Waals surface area contributed by atoms with E-state index in [0.717, 1.165) is 58.3 Å². The van der Waals surface area contributed by atoms with E-state index in [9.17, 15) is 0 Å². The standard InChI is InChI=1S/C26H27N7/c1-4-22-28-15(2)25(29-22)17-7-9-18(10-8-17)26-30-23(33(3)32-26)13-19-11-12-21-20(14-27-31-21)24(19)16-5-6-16/h7-12,14,16H,4-6,13H2,1-3H3,(H,27,31)(H,28,29). The van der Waals surface area contributed by atoms with Gasteiger partial charge < -0.3 is 4.98 Å². The maximum absolute atomic E-state index is 4.91. The summed E-state index contributed by atoms with van der Waals surface area (Å²) in [4.78, 5) is 13.0. The van der Waals surface area contributed by atoms with Gasteiger partial charge in [0.25, 0.3) is 0 Å². The van der Waals surface area contributed by atoms with E-state index in [-0.39, 0.29) is 0 Å². The Kier molecular flexibility index (Phi) is 4.64. The Morgan fingerprint density at radius 3 is 2.55 bits per heavy atom. The highest BCUT2D eigenvalue weighted by Gasteiger charge is 2.29. The van der Waals surface area contributed by atoms with E-state index in [1.54, 1.807) is 0 Å². The molecule has 6 rings (SSSR count). The van der Waals surface area contributed by atoms with Crippen molar-refractivity contribution in [2.75, 3.05) is 0 Å². The van der Waals surface area contributed by atoms with Gasteiger partial charge in [0.2, 0.25) is 0 Å². The van der Waals surface area contributed by atoms with Crippen LogP contribution in [0.2, 0.25) is 0 Å². The number of rotatable bonds is 6. The zero-order valence-corrected chi connectivity index (χ0v) is 19.2. The molecule has 1 saturated carbocycles. The van der Waals surface area contributed by atoms with Gasteiger partial charge in [-0.3, -0.25) is 9.78 Å². The van der Waals surface area contributed by atoms with Crippen LogP contribution in [0.15, 0.2) is 42.6 Å². The van der Waals surface area contributed by atoms with Crippen LogP contribution in [0.4, 0.5) is 0 Å². The molecule has 1 aliphatic carbocycles. The minimum absolute atomic E-state index is 0.639. The number of H-pyrrole nitrogens is 2. The quantitative estimate of drug-likeness (QED) is 0.387. The molecule has 0 spiro atoms. The molecule has 0 amide bonds. The van der Waals surface area contributed by atoms with Crippen molar-refractivity contribution >= 4 is 10.9 Å². The molecule has 0 aliphatic heterocycles. The predicted molar refractivity (Wildman–Crippen MR) is 129 cm³/mol. The largest absolute Gasteiger partial charge is 0.346 e. The molecule has 0 atom stereocenters. The van der Waals surface area contributed by atoms with Gasteiger partial charge in [0.1, 0.15) is 11.6 Å². The molecule has 1 fully saturated rings. The molecule has 33 heavy (non-hydrogen) atoms. The Bertz CT molecular complexity index is 1450. The van der Waals surface area contributed by atoms with E-state index in [2.05, 4.69) is 65.4 Å². The number of hydrogen-bond acceptors (Lipinski definition) is 4. The zero-order chi connectivity index (χ0) is 22.5. The zero-order valence-electron chi connectivity index (χ0n) is 19.2. The van der Waals surface area contributed by atoms with Gasteiger partial charge in [-0.2, -0.15) is 10.2 Å². The molecule has 2 N–H and O–H groups in total. The maximum Gasteiger partial charge on any atom is 0.181 e. The van der Waals surface area contributed by atoms with Gasteiger partial charge in [0.05, 0.1) is 17.4 Å². The number of aromatic nitrogens is 7. The molecule has 7 nitrogen and oxygen atoms in total. The van der Waals surface area contributed by atoms with Crippen molar-refractivity contribution in [3.63, 3.8) is 0 Å². The van der Waals surface area contributed by atoms with Crippen molar-refractivity contribution in [2.45, 2.75) is 45.4 Å². The summed E-state index contributed by atoms with van der Waals surface area (Å²) in [6.45, 7) is 4.18. The number of aryl methyl sites for hydroxylation is 3. The van der Waals surface area contributed by atoms with Crippen LogP contribution in [0.25, 0.3) is 33.5 Å². The van der Waals surface area contributed by atoms with E-state index in [0.29, 0.717) is 5.92 Å². The minimum atomic E-state index is 0.639. The first-order chi connectivity index (χ1) is 16.1. The van der Waals surface area contributed by atoms with Crippen LogP contribution < -0.4 is 0 Å². The lowest BCUT2D eigenvalue weighted by atomic mass is 9.96. The van der Waals surface area contributed by atoms with Gasteiger partial charge in [-0.1, -0.05) is 37.3 Å². The van der Waals surface area contributed by atoms with Crippen molar-refractivity contribution in [3.05, 3.63) is 71.1 Å². The first-order valence-electron chi connectivity index (χ1n) is 11.6. The highest BCUT2D eigenvalue weighted by atomic mass is 15.3.